The Morgan fingerprint density at radius 3 is 2.61 bits per heavy atom. The normalized spacial score (nSPS) is 19.2. The van der Waals surface area contributed by atoms with Crippen molar-refractivity contribution in [2.24, 2.45) is 0 Å². The molecule has 7 heteroatoms. The van der Waals surface area contributed by atoms with E-state index in [0.717, 1.165) is 24.1 Å². The number of halogens is 1. The third-order valence-electron chi connectivity index (χ3n) is 6.17. The van der Waals surface area contributed by atoms with Gasteiger partial charge in [-0.15, -0.1) is 0 Å². The summed E-state index contributed by atoms with van der Waals surface area (Å²) < 4.78 is 17.6. The Kier molecular flexibility index (Phi) is 5.97. The average molecular weight is 444 g/mol. The van der Waals surface area contributed by atoms with Crippen molar-refractivity contribution in [2.45, 2.75) is 25.3 Å². The van der Waals surface area contributed by atoms with Gasteiger partial charge in [-0.2, -0.15) is 0 Å². The van der Waals surface area contributed by atoms with Crippen LogP contribution in [0.2, 0.25) is 5.02 Å². The van der Waals surface area contributed by atoms with E-state index in [1.165, 1.54) is 13.2 Å². The fourth-order valence-electron chi connectivity index (χ4n) is 4.55. The van der Waals surface area contributed by atoms with E-state index in [-0.39, 0.29) is 24.0 Å². The summed E-state index contributed by atoms with van der Waals surface area (Å²) in [5, 5.41) is 10.9. The van der Waals surface area contributed by atoms with Gasteiger partial charge in [0.25, 0.3) is 0 Å². The van der Waals surface area contributed by atoms with Gasteiger partial charge >= 0.3 is 0 Å². The van der Waals surface area contributed by atoms with E-state index in [1.54, 1.807) is 19.2 Å². The third-order valence-corrected chi connectivity index (χ3v) is 6.50. The molecule has 0 radical (unpaired) electrons. The molecule has 6 nitrogen and oxygen atoms in total. The van der Waals surface area contributed by atoms with Gasteiger partial charge in [0, 0.05) is 35.2 Å². The van der Waals surface area contributed by atoms with Gasteiger partial charge in [0.1, 0.15) is 28.2 Å². The number of ether oxygens (including phenoxy) is 2. The smallest absolute Gasteiger partial charge is 0.197 e. The van der Waals surface area contributed by atoms with Crippen LogP contribution in [0.5, 0.6) is 11.5 Å². The van der Waals surface area contributed by atoms with Crippen molar-refractivity contribution in [1.82, 2.24) is 4.90 Å². The summed E-state index contributed by atoms with van der Waals surface area (Å²) >= 11 is 6.43. The molecule has 1 saturated heterocycles. The van der Waals surface area contributed by atoms with Crippen molar-refractivity contribution >= 4 is 22.6 Å². The Morgan fingerprint density at radius 2 is 1.94 bits per heavy atom. The number of hydrogen-bond donors (Lipinski definition) is 1. The lowest BCUT2D eigenvalue weighted by atomic mass is 9.89. The van der Waals surface area contributed by atoms with Crippen LogP contribution in [0.1, 0.15) is 23.5 Å². The van der Waals surface area contributed by atoms with Gasteiger partial charge in [-0.25, -0.2) is 0 Å². The number of fused-ring (bicyclic) bond motifs is 1. The van der Waals surface area contributed by atoms with Crippen molar-refractivity contribution in [3.05, 3.63) is 56.7 Å². The van der Waals surface area contributed by atoms with Gasteiger partial charge < -0.3 is 23.9 Å². The van der Waals surface area contributed by atoms with Gasteiger partial charge in [0.2, 0.25) is 0 Å². The van der Waals surface area contributed by atoms with Crippen LogP contribution in [0.15, 0.2) is 39.5 Å². The number of nitrogens with zero attached hydrogens (tertiary/aromatic N) is 1. The van der Waals surface area contributed by atoms with Gasteiger partial charge in [-0.3, -0.25) is 4.79 Å². The molecule has 1 aromatic heterocycles. The Bertz CT molecular complexity index is 1190. The minimum Gasteiger partial charge on any atom is -0.496 e. The van der Waals surface area contributed by atoms with E-state index in [1.807, 2.05) is 26.1 Å². The highest BCUT2D eigenvalue weighted by Gasteiger charge is 2.37. The SMILES string of the molecule is COc1cc(OC)c2c(=O)cc(-c3cc(C)ccc3Cl)oc2c1[C@H]1CCN(C)[C@@H]1CO. The number of hydrogen-bond acceptors (Lipinski definition) is 6. The third kappa shape index (κ3) is 3.69. The highest BCUT2D eigenvalue weighted by atomic mass is 35.5. The van der Waals surface area contributed by atoms with E-state index in [4.69, 9.17) is 25.5 Å². The molecule has 31 heavy (non-hydrogen) atoms. The molecule has 1 N–H and O–H groups in total. The van der Waals surface area contributed by atoms with Gasteiger partial charge in [0.05, 0.1) is 25.8 Å². The van der Waals surface area contributed by atoms with E-state index in [2.05, 4.69) is 4.90 Å². The Labute approximate surface area is 185 Å². The summed E-state index contributed by atoms with van der Waals surface area (Å²) in [6, 6.07) is 8.65. The van der Waals surface area contributed by atoms with E-state index in [9.17, 15) is 9.90 Å². The predicted octanol–water partition coefficient (Wildman–Crippen LogP) is 4.22. The molecule has 2 aromatic carbocycles. The number of likely N-dealkylation sites (N-methyl/N-ethyl adjacent to an activating group) is 1. The number of methoxy groups -OCH3 is 2. The molecule has 2 heterocycles. The number of likely N-dealkylation sites (tertiary alicyclic amines) is 1. The maximum Gasteiger partial charge on any atom is 0.197 e. The molecule has 4 rings (SSSR count). The zero-order chi connectivity index (χ0) is 22.3. The molecule has 0 spiro atoms. The molecule has 1 aliphatic heterocycles. The quantitative estimate of drug-likeness (QED) is 0.636. The highest BCUT2D eigenvalue weighted by Crippen LogP contribution is 2.45. The maximum absolute atomic E-state index is 13.2. The van der Waals surface area contributed by atoms with Crippen LogP contribution in [-0.2, 0) is 0 Å². The standard InChI is InChI=1S/C24H26ClNO5/c1-13-5-6-16(25)15(9-13)19-10-18(28)23-21(30-4)11-20(29-3)22(24(23)31-19)14-7-8-26(2)17(14)12-27/h5-6,9-11,14,17,27H,7-8,12H2,1-4H3/t14-,17+/m0/s1. The lowest BCUT2D eigenvalue weighted by molar-refractivity contribution is 0.171. The minimum atomic E-state index is -0.221. The number of aryl methyl sites for hydroxylation is 1. The maximum atomic E-state index is 13.2. The Balaban J connectivity index is 2.07. The van der Waals surface area contributed by atoms with Crippen LogP contribution >= 0.6 is 11.6 Å². The predicted molar refractivity (Wildman–Crippen MR) is 122 cm³/mol. The van der Waals surface area contributed by atoms with Gasteiger partial charge in [-0.05, 0) is 39.1 Å². The second-order valence-electron chi connectivity index (χ2n) is 7.98. The second kappa shape index (κ2) is 8.54. The number of aliphatic hydroxyl groups is 1. The summed E-state index contributed by atoms with van der Waals surface area (Å²) in [5.74, 6) is 1.27. The van der Waals surface area contributed by atoms with Crippen LogP contribution < -0.4 is 14.9 Å². The fourth-order valence-corrected chi connectivity index (χ4v) is 4.76. The molecule has 1 fully saturated rings. The van der Waals surface area contributed by atoms with Crippen LogP contribution in [0.3, 0.4) is 0 Å². The molecule has 1 aliphatic rings. The number of rotatable bonds is 5. The van der Waals surface area contributed by atoms with Crippen LogP contribution in [0, 0.1) is 6.92 Å². The summed E-state index contributed by atoms with van der Waals surface area (Å²) in [6.45, 7) is 2.77. The van der Waals surface area contributed by atoms with Crippen molar-refractivity contribution in [1.29, 1.82) is 0 Å². The van der Waals surface area contributed by atoms with Crippen molar-refractivity contribution < 1.29 is 19.0 Å². The van der Waals surface area contributed by atoms with Crippen molar-refractivity contribution in [3.8, 4) is 22.8 Å². The molecule has 3 aromatic rings. The lowest BCUT2D eigenvalue weighted by Gasteiger charge is -2.25. The second-order valence-corrected chi connectivity index (χ2v) is 8.39. The molecular formula is C24H26ClNO5. The van der Waals surface area contributed by atoms with Gasteiger partial charge in [0.15, 0.2) is 5.43 Å². The van der Waals surface area contributed by atoms with E-state index in [0.29, 0.717) is 38.8 Å². The lowest BCUT2D eigenvalue weighted by Crippen LogP contribution is -2.32. The minimum absolute atomic E-state index is 0.00846. The highest BCUT2D eigenvalue weighted by molar-refractivity contribution is 6.33. The Morgan fingerprint density at radius 1 is 1.19 bits per heavy atom. The van der Waals surface area contributed by atoms with Crippen LogP contribution in [0.4, 0.5) is 0 Å². The van der Waals surface area contributed by atoms with Crippen molar-refractivity contribution in [3.63, 3.8) is 0 Å². The first-order valence-electron chi connectivity index (χ1n) is 10.2. The molecular weight excluding hydrogens is 418 g/mol. The molecule has 0 saturated carbocycles. The Hall–Kier alpha value is -2.54. The number of aliphatic hydroxyl groups excluding tert-OH is 1. The first kappa shape index (κ1) is 21.7. The van der Waals surface area contributed by atoms with Crippen LogP contribution in [0.25, 0.3) is 22.3 Å². The van der Waals surface area contributed by atoms with E-state index >= 15 is 0 Å². The molecule has 0 aliphatic carbocycles. The first-order chi connectivity index (χ1) is 14.9. The molecule has 0 unspecified atom stereocenters. The van der Waals surface area contributed by atoms with Crippen LogP contribution in [-0.4, -0.2) is 50.5 Å². The summed E-state index contributed by atoms with van der Waals surface area (Å²) in [6.07, 6.45) is 0.804. The fraction of sp³-hybridized carbons (Fsp3) is 0.375. The van der Waals surface area contributed by atoms with E-state index < -0.39 is 0 Å². The first-order valence-corrected chi connectivity index (χ1v) is 10.6. The number of benzene rings is 2. The molecule has 164 valence electrons. The average Bonchev–Trinajstić information content (AvgIpc) is 3.13. The molecule has 2 atom stereocenters. The van der Waals surface area contributed by atoms with Crippen molar-refractivity contribution in [2.75, 3.05) is 34.4 Å². The molecule has 0 amide bonds. The van der Waals surface area contributed by atoms with Gasteiger partial charge in [-0.1, -0.05) is 23.2 Å². The largest absolute Gasteiger partial charge is 0.496 e. The zero-order valence-electron chi connectivity index (χ0n) is 18.1. The summed E-state index contributed by atoms with van der Waals surface area (Å²) in [5.41, 5.74) is 2.61. The summed E-state index contributed by atoms with van der Waals surface area (Å²) in [7, 11) is 5.07. The summed E-state index contributed by atoms with van der Waals surface area (Å²) in [4.78, 5) is 15.4. The molecule has 0 bridgehead atoms. The zero-order valence-corrected chi connectivity index (χ0v) is 18.8. The monoisotopic (exact) mass is 443 g/mol. The topological polar surface area (TPSA) is 72.1 Å².